The summed E-state index contributed by atoms with van der Waals surface area (Å²) in [6.07, 6.45) is 9.31. The van der Waals surface area contributed by atoms with Gasteiger partial charge in [-0.2, -0.15) is 0 Å². The molecular formula is C18H18N2O5. The van der Waals surface area contributed by atoms with Gasteiger partial charge >= 0.3 is 11.9 Å². The lowest BCUT2D eigenvalue weighted by Gasteiger charge is -2.25. The minimum absolute atomic E-state index is 0.0428. The third-order valence-electron chi connectivity index (χ3n) is 4.34. The Hall–Kier alpha value is -2.69. The fourth-order valence-electron chi connectivity index (χ4n) is 3.13. The van der Waals surface area contributed by atoms with E-state index in [2.05, 4.69) is 15.8 Å². The van der Waals surface area contributed by atoms with Crippen LogP contribution in [0.4, 0.5) is 0 Å². The van der Waals surface area contributed by atoms with Crippen molar-refractivity contribution in [3.63, 3.8) is 0 Å². The number of pyridine rings is 1. The highest BCUT2D eigenvalue weighted by atomic mass is 16.6. The van der Waals surface area contributed by atoms with Crippen LogP contribution in [0.25, 0.3) is 0 Å². The van der Waals surface area contributed by atoms with Gasteiger partial charge in [0.2, 0.25) is 5.88 Å². The van der Waals surface area contributed by atoms with E-state index in [0.29, 0.717) is 11.1 Å². The van der Waals surface area contributed by atoms with E-state index >= 15 is 0 Å². The average Bonchev–Trinajstić information content (AvgIpc) is 2.99. The molecule has 0 radical (unpaired) electrons. The second-order valence-corrected chi connectivity index (χ2v) is 6.00. The van der Waals surface area contributed by atoms with Gasteiger partial charge in [-0.3, -0.25) is 4.90 Å². The van der Waals surface area contributed by atoms with Crippen molar-refractivity contribution in [3.05, 3.63) is 29.5 Å². The Bertz CT molecular complexity index is 780. The normalized spacial score (nSPS) is 22.8. The van der Waals surface area contributed by atoms with Gasteiger partial charge in [0.25, 0.3) is 0 Å². The minimum Gasteiger partial charge on any atom is -0.422 e. The molecule has 7 heteroatoms. The lowest BCUT2D eigenvalue weighted by Crippen LogP contribution is -2.21. The molecule has 0 amide bonds. The molecular weight excluding hydrogens is 324 g/mol. The molecule has 3 heterocycles. The number of carbonyl (C=O) groups is 2. The van der Waals surface area contributed by atoms with E-state index in [1.54, 1.807) is 0 Å². The van der Waals surface area contributed by atoms with Gasteiger partial charge in [-0.15, -0.1) is 12.3 Å². The Balaban J connectivity index is 2.20. The Kier molecular flexibility index (Phi) is 4.83. The van der Waals surface area contributed by atoms with Crippen LogP contribution in [0.3, 0.4) is 0 Å². The third kappa shape index (κ3) is 3.40. The zero-order valence-corrected chi connectivity index (χ0v) is 13.8. The maximum Gasteiger partial charge on any atom is 0.337 e. The SMILES string of the molecule is C#CCC(O)c1cnc2c(C3CCCN3C)c1OC(=O)/C=C/C(=O)O2. The van der Waals surface area contributed by atoms with Crippen LogP contribution < -0.4 is 9.47 Å². The van der Waals surface area contributed by atoms with Crippen molar-refractivity contribution in [2.75, 3.05) is 13.6 Å². The quantitative estimate of drug-likeness (QED) is 0.654. The largest absolute Gasteiger partial charge is 0.422 e. The number of aromatic nitrogens is 1. The van der Waals surface area contributed by atoms with Crippen LogP contribution in [0.1, 0.15) is 42.5 Å². The number of rotatable bonds is 3. The van der Waals surface area contributed by atoms with Gasteiger partial charge < -0.3 is 14.6 Å². The van der Waals surface area contributed by atoms with Crippen LogP contribution in [0.5, 0.6) is 11.6 Å². The molecule has 2 bridgehead atoms. The molecule has 2 unspecified atom stereocenters. The molecule has 1 aromatic rings. The Morgan fingerprint density at radius 2 is 2.12 bits per heavy atom. The first-order chi connectivity index (χ1) is 12.0. The molecule has 0 aliphatic carbocycles. The van der Waals surface area contributed by atoms with Gasteiger partial charge in [0.15, 0.2) is 0 Å². The number of carbonyl (C=O) groups excluding carboxylic acids is 2. The average molecular weight is 342 g/mol. The van der Waals surface area contributed by atoms with E-state index in [4.69, 9.17) is 15.9 Å². The molecule has 0 spiro atoms. The van der Waals surface area contributed by atoms with Crippen LogP contribution in [0.2, 0.25) is 0 Å². The lowest BCUT2D eigenvalue weighted by molar-refractivity contribution is -0.131. The van der Waals surface area contributed by atoms with E-state index in [1.165, 1.54) is 6.20 Å². The molecule has 2 aliphatic heterocycles. The predicted octanol–water partition coefficient (Wildman–Crippen LogP) is 1.29. The van der Waals surface area contributed by atoms with E-state index in [-0.39, 0.29) is 24.1 Å². The summed E-state index contributed by atoms with van der Waals surface area (Å²) in [5, 5.41) is 10.3. The third-order valence-corrected chi connectivity index (χ3v) is 4.34. The van der Waals surface area contributed by atoms with Crippen molar-refractivity contribution in [3.8, 4) is 24.0 Å². The van der Waals surface area contributed by atoms with Gasteiger partial charge in [-0.1, -0.05) is 0 Å². The second-order valence-electron chi connectivity index (χ2n) is 6.00. The maximum atomic E-state index is 12.0. The summed E-state index contributed by atoms with van der Waals surface area (Å²) in [6, 6.07) is -0.144. The fraction of sp³-hybridized carbons (Fsp3) is 0.389. The van der Waals surface area contributed by atoms with Crippen molar-refractivity contribution in [2.45, 2.75) is 31.4 Å². The second kappa shape index (κ2) is 7.05. The van der Waals surface area contributed by atoms with Crippen molar-refractivity contribution in [1.82, 2.24) is 9.88 Å². The Labute approximate surface area is 145 Å². The molecule has 0 aromatic carbocycles. The Morgan fingerprint density at radius 1 is 1.40 bits per heavy atom. The van der Waals surface area contributed by atoms with E-state index in [9.17, 15) is 14.7 Å². The highest BCUT2D eigenvalue weighted by molar-refractivity contribution is 5.94. The molecule has 3 rings (SSSR count). The van der Waals surface area contributed by atoms with Gasteiger partial charge in [-0.25, -0.2) is 14.6 Å². The number of aliphatic hydroxyl groups is 1. The summed E-state index contributed by atoms with van der Waals surface area (Å²) in [5.74, 6) is 1.18. The zero-order chi connectivity index (χ0) is 18.0. The number of nitrogens with zero attached hydrogens (tertiary/aromatic N) is 2. The molecule has 1 aromatic heterocycles. The van der Waals surface area contributed by atoms with E-state index in [1.807, 2.05) is 7.05 Å². The number of likely N-dealkylation sites (tertiary alicyclic amines) is 1. The smallest absolute Gasteiger partial charge is 0.337 e. The number of hydrogen-bond donors (Lipinski definition) is 1. The molecule has 25 heavy (non-hydrogen) atoms. The van der Waals surface area contributed by atoms with Crippen LogP contribution in [0.15, 0.2) is 18.3 Å². The van der Waals surface area contributed by atoms with Crippen molar-refractivity contribution in [2.24, 2.45) is 0 Å². The lowest BCUT2D eigenvalue weighted by atomic mass is 9.99. The number of fused-ring (bicyclic) bond motifs is 2. The summed E-state index contributed by atoms with van der Waals surface area (Å²) >= 11 is 0. The minimum atomic E-state index is -1.04. The van der Waals surface area contributed by atoms with Gasteiger partial charge in [0.05, 0.1) is 11.7 Å². The summed E-state index contributed by atoms with van der Waals surface area (Å²) in [5.41, 5.74) is 0.788. The number of ether oxygens (including phenoxy) is 2. The van der Waals surface area contributed by atoms with Crippen LogP contribution in [-0.4, -0.2) is 40.5 Å². The number of terminal acetylenes is 1. The molecule has 1 fully saturated rings. The molecule has 7 nitrogen and oxygen atoms in total. The predicted molar refractivity (Wildman–Crippen MR) is 87.7 cm³/mol. The molecule has 0 saturated carbocycles. The zero-order valence-electron chi connectivity index (χ0n) is 13.8. The standard InChI is InChI=1S/C18H18N2O5/c1-3-5-13(21)11-10-19-18-16(12-6-4-9-20(12)2)17(11)24-14(22)7-8-15(23)25-18/h1,7-8,10,12-13,21H,4-6,9H2,2H3/b8-7+. The molecule has 1 N–H and O–H groups in total. The first-order valence-corrected chi connectivity index (χ1v) is 7.97. The van der Waals surface area contributed by atoms with Crippen LogP contribution in [0, 0.1) is 12.3 Å². The summed E-state index contributed by atoms with van der Waals surface area (Å²) in [4.78, 5) is 30.2. The fourth-order valence-corrected chi connectivity index (χ4v) is 3.13. The van der Waals surface area contributed by atoms with Gasteiger partial charge in [0.1, 0.15) is 5.75 Å². The van der Waals surface area contributed by atoms with E-state index < -0.39 is 18.0 Å². The first kappa shape index (κ1) is 17.1. The molecule has 2 aliphatic rings. The number of hydrogen-bond acceptors (Lipinski definition) is 7. The monoisotopic (exact) mass is 342 g/mol. The van der Waals surface area contributed by atoms with E-state index in [0.717, 1.165) is 31.5 Å². The molecule has 2 atom stereocenters. The van der Waals surface area contributed by atoms with Crippen molar-refractivity contribution >= 4 is 11.9 Å². The maximum absolute atomic E-state index is 12.0. The van der Waals surface area contributed by atoms with Crippen LogP contribution >= 0.6 is 0 Å². The Morgan fingerprint density at radius 3 is 2.76 bits per heavy atom. The molecule has 1 saturated heterocycles. The van der Waals surface area contributed by atoms with Crippen LogP contribution in [-0.2, 0) is 9.59 Å². The first-order valence-electron chi connectivity index (χ1n) is 7.97. The highest BCUT2D eigenvalue weighted by Crippen LogP contribution is 2.44. The summed E-state index contributed by atoms with van der Waals surface area (Å²) in [6.45, 7) is 0.848. The van der Waals surface area contributed by atoms with Crippen molar-refractivity contribution in [1.29, 1.82) is 0 Å². The highest BCUT2D eigenvalue weighted by Gasteiger charge is 2.34. The van der Waals surface area contributed by atoms with Crippen molar-refractivity contribution < 1.29 is 24.2 Å². The van der Waals surface area contributed by atoms with Gasteiger partial charge in [-0.05, 0) is 26.4 Å². The summed E-state index contributed by atoms with van der Waals surface area (Å²) < 4.78 is 10.8. The van der Waals surface area contributed by atoms with Gasteiger partial charge in [0, 0.05) is 36.4 Å². The topological polar surface area (TPSA) is 89.0 Å². The number of aliphatic hydroxyl groups excluding tert-OH is 1. The summed E-state index contributed by atoms with van der Waals surface area (Å²) in [7, 11) is 1.93. The molecule has 130 valence electrons. The number of esters is 2.